The molecule has 2 aromatic carbocycles. The highest BCUT2D eigenvalue weighted by atomic mass is 35.5. The van der Waals surface area contributed by atoms with Gasteiger partial charge >= 0.3 is 0 Å². The van der Waals surface area contributed by atoms with Crippen molar-refractivity contribution in [3.63, 3.8) is 0 Å². The molecule has 0 spiro atoms. The molecular weight excluding hydrogens is 408 g/mol. The highest BCUT2D eigenvalue weighted by molar-refractivity contribution is 6.32. The van der Waals surface area contributed by atoms with Gasteiger partial charge in [0, 0.05) is 30.2 Å². The molecule has 0 radical (unpaired) electrons. The molecule has 0 saturated carbocycles. The van der Waals surface area contributed by atoms with Crippen LogP contribution in [0.4, 0.5) is 11.4 Å². The predicted molar refractivity (Wildman–Crippen MR) is 113 cm³/mol. The van der Waals surface area contributed by atoms with Gasteiger partial charge < -0.3 is 9.73 Å². The van der Waals surface area contributed by atoms with Gasteiger partial charge in [0.05, 0.1) is 10.5 Å². The second-order valence-electron chi connectivity index (χ2n) is 6.23. The third kappa shape index (κ3) is 4.18. The molecule has 8 nitrogen and oxygen atoms in total. The molecule has 0 aliphatic rings. The highest BCUT2D eigenvalue weighted by Gasteiger charge is 2.12. The molecule has 30 heavy (non-hydrogen) atoms. The quantitative estimate of drug-likeness (QED) is 0.273. The number of carbonyl (C=O) groups excluding carboxylic acids is 1. The molecule has 1 N–H and O–H groups in total. The van der Waals surface area contributed by atoms with E-state index in [1.54, 1.807) is 42.7 Å². The van der Waals surface area contributed by atoms with Gasteiger partial charge in [-0.05, 0) is 48.0 Å². The number of nitro benzene ring substituents is 1. The van der Waals surface area contributed by atoms with E-state index in [0.717, 1.165) is 5.56 Å². The summed E-state index contributed by atoms with van der Waals surface area (Å²) in [4.78, 5) is 31.1. The number of carbonyl (C=O) groups is 1. The smallest absolute Gasteiger partial charge is 0.288 e. The van der Waals surface area contributed by atoms with E-state index < -0.39 is 10.8 Å². The molecular formula is C21H13ClN4O4. The van der Waals surface area contributed by atoms with E-state index >= 15 is 0 Å². The molecule has 0 aliphatic carbocycles. The molecule has 0 aliphatic heterocycles. The van der Waals surface area contributed by atoms with E-state index in [4.69, 9.17) is 16.0 Å². The molecule has 0 atom stereocenters. The monoisotopic (exact) mass is 420 g/mol. The Bertz CT molecular complexity index is 1280. The van der Waals surface area contributed by atoms with Gasteiger partial charge in [0.15, 0.2) is 5.58 Å². The van der Waals surface area contributed by atoms with Crippen molar-refractivity contribution in [1.82, 2.24) is 9.97 Å². The van der Waals surface area contributed by atoms with E-state index in [0.29, 0.717) is 28.2 Å². The van der Waals surface area contributed by atoms with Gasteiger partial charge in [0.25, 0.3) is 5.69 Å². The van der Waals surface area contributed by atoms with Crippen LogP contribution in [0.3, 0.4) is 0 Å². The number of anilines is 1. The van der Waals surface area contributed by atoms with Crippen molar-refractivity contribution >= 4 is 46.1 Å². The summed E-state index contributed by atoms with van der Waals surface area (Å²) in [5.41, 5.74) is 2.71. The van der Waals surface area contributed by atoms with E-state index in [9.17, 15) is 14.9 Å². The third-order valence-electron chi connectivity index (χ3n) is 4.16. The van der Waals surface area contributed by atoms with Crippen LogP contribution < -0.4 is 5.32 Å². The summed E-state index contributed by atoms with van der Waals surface area (Å²) < 4.78 is 5.72. The number of aromatic nitrogens is 2. The van der Waals surface area contributed by atoms with Crippen molar-refractivity contribution in [2.24, 2.45) is 0 Å². The van der Waals surface area contributed by atoms with Gasteiger partial charge in [0.1, 0.15) is 10.5 Å². The molecule has 4 rings (SSSR count). The standard InChI is InChI=1S/C21H13ClN4O4/c22-16-6-3-13(10-18(16)26(28)29)4-8-20(27)24-15-5-7-19-17(11-15)25-21(30-19)14-2-1-9-23-12-14/h1-12H,(H,24,27). The highest BCUT2D eigenvalue weighted by Crippen LogP contribution is 2.27. The lowest BCUT2D eigenvalue weighted by molar-refractivity contribution is -0.384. The largest absolute Gasteiger partial charge is 0.436 e. The van der Waals surface area contributed by atoms with Gasteiger partial charge in [-0.2, -0.15) is 0 Å². The third-order valence-corrected chi connectivity index (χ3v) is 4.48. The normalized spacial score (nSPS) is 11.1. The van der Waals surface area contributed by atoms with Crippen molar-refractivity contribution in [3.8, 4) is 11.5 Å². The number of nitrogens with one attached hydrogen (secondary N) is 1. The Morgan fingerprint density at radius 1 is 1.20 bits per heavy atom. The van der Waals surface area contributed by atoms with Crippen molar-refractivity contribution < 1.29 is 14.1 Å². The zero-order chi connectivity index (χ0) is 21.1. The Kier molecular flexibility index (Phi) is 5.23. The van der Waals surface area contributed by atoms with E-state index in [1.165, 1.54) is 24.3 Å². The summed E-state index contributed by atoms with van der Waals surface area (Å²) in [6.45, 7) is 0. The zero-order valence-corrected chi connectivity index (χ0v) is 16.0. The Hall–Kier alpha value is -4.04. The van der Waals surface area contributed by atoms with Crippen LogP contribution in [-0.2, 0) is 4.79 Å². The SMILES string of the molecule is O=C(C=Cc1ccc(Cl)c([N+](=O)[O-])c1)Nc1ccc2oc(-c3cccnc3)nc2c1. The number of oxazole rings is 1. The fourth-order valence-corrected chi connectivity index (χ4v) is 2.93. The summed E-state index contributed by atoms with van der Waals surface area (Å²) in [6, 6.07) is 13.0. The average Bonchev–Trinajstić information content (AvgIpc) is 3.17. The fourth-order valence-electron chi connectivity index (χ4n) is 2.75. The first-order valence-corrected chi connectivity index (χ1v) is 9.11. The van der Waals surface area contributed by atoms with Gasteiger partial charge in [-0.25, -0.2) is 4.98 Å². The Labute approximate surface area is 175 Å². The van der Waals surface area contributed by atoms with Gasteiger partial charge in [-0.15, -0.1) is 0 Å². The lowest BCUT2D eigenvalue weighted by Gasteiger charge is -2.01. The molecule has 148 valence electrons. The minimum Gasteiger partial charge on any atom is -0.436 e. The van der Waals surface area contributed by atoms with Gasteiger partial charge in [-0.3, -0.25) is 19.9 Å². The maximum atomic E-state index is 12.2. The summed E-state index contributed by atoms with van der Waals surface area (Å²) >= 11 is 5.79. The molecule has 2 aromatic heterocycles. The van der Waals surface area contributed by atoms with Crippen LogP contribution in [0.25, 0.3) is 28.6 Å². The molecule has 0 unspecified atom stereocenters. The Balaban J connectivity index is 1.50. The number of fused-ring (bicyclic) bond motifs is 1. The molecule has 0 fully saturated rings. The molecule has 9 heteroatoms. The number of nitro groups is 1. The van der Waals surface area contributed by atoms with Gasteiger partial charge in [0.2, 0.25) is 11.8 Å². The summed E-state index contributed by atoms with van der Waals surface area (Å²) in [5, 5.41) is 13.7. The number of nitrogens with zero attached hydrogens (tertiary/aromatic N) is 3. The lowest BCUT2D eigenvalue weighted by atomic mass is 10.2. The van der Waals surface area contributed by atoms with Crippen LogP contribution in [0, 0.1) is 10.1 Å². The number of rotatable bonds is 5. The van der Waals surface area contributed by atoms with Crippen LogP contribution in [0.2, 0.25) is 5.02 Å². The number of pyridine rings is 1. The van der Waals surface area contributed by atoms with E-state index in [2.05, 4.69) is 15.3 Å². The van der Waals surface area contributed by atoms with Crippen molar-refractivity contribution in [1.29, 1.82) is 0 Å². The van der Waals surface area contributed by atoms with Crippen LogP contribution >= 0.6 is 11.6 Å². The fraction of sp³-hybridized carbons (Fsp3) is 0. The Morgan fingerprint density at radius 3 is 2.83 bits per heavy atom. The van der Waals surface area contributed by atoms with Crippen molar-refractivity contribution in [2.45, 2.75) is 0 Å². The van der Waals surface area contributed by atoms with Crippen LogP contribution in [0.15, 0.2) is 71.4 Å². The molecule has 4 aromatic rings. The first kappa shape index (κ1) is 19.3. The maximum absolute atomic E-state index is 12.2. The minimum atomic E-state index is -0.577. The second-order valence-corrected chi connectivity index (χ2v) is 6.64. The summed E-state index contributed by atoms with van der Waals surface area (Å²) in [7, 11) is 0. The molecule has 1 amide bonds. The maximum Gasteiger partial charge on any atom is 0.288 e. The molecule has 0 bridgehead atoms. The number of hydrogen-bond donors (Lipinski definition) is 1. The van der Waals surface area contributed by atoms with E-state index in [1.807, 2.05) is 6.07 Å². The molecule has 0 saturated heterocycles. The lowest BCUT2D eigenvalue weighted by Crippen LogP contribution is -2.07. The Morgan fingerprint density at radius 2 is 2.07 bits per heavy atom. The number of halogens is 1. The summed E-state index contributed by atoms with van der Waals surface area (Å²) in [6.07, 6.45) is 6.06. The number of benzene rings is 2. The van der Waals surface area contributed by atoms with Crippen molar-refractivity contribution in [3.05, 3.63) is 87.7 Å². The predicted octanol–water partition coefficient (Wildman–Crippen LogP) is 5.10. The zero-order valence-electron chi connectivity index (χ0n) is 15.3. The van der Waals surface area contributed by atoms with Crippen LogP contribution in [0.1, 0.15) is 5.56 Å². The second kappa shape index (κ2) is 8.14. The molecule has 2 heterocycles. The van der Waals surface area contributed by atoms with Crippen molar-refractivity contribution in [2.75, 3.05) is 5.32 Å². The van der Waals surface area contributed by atoms with E-state index in [-0.39, 0.29) is 10.7 Å². The average molecular weight is 421 g/mol. The number of hydrogen-bond acceptors (Lipinski definition) is 6. The van der Waals surface area contributed by atoms with Gasteiger partial charge in [-0.1, -0.05) is 17.7 Å². The first-order valence-electron chi connectivity index (χ1n) is 8.73. The first-order chi connectivity index (χ1) is 14.5. The minimum absolute atomic E-state index is 0.0353. The number of amides is 1. The summed E-state index contributed by atoms with van der Waals surface area (Å²) in [5.74, 6) is 0.0359. The van der Waals surface area contributed by atoms with Crippen LogP contribution in [0.5, 0.6) is 0 Å². The van der Waals surface area contributed by atoms with Crippen LogP contribution in [-0.4, -0.2) is 20.8 Å². The topological polar surface area (TPSA) is 111 Å².